The van der Waals surface area contributed by atoms with E-state index in [-0.39, 0.29) is 16.7 Å². The van der Waals surface area contributed by atoms with Crippen molar-refractivity contribution in [3.05, 3.63) is 79.7 Å². The first-order chi connectivity index (χ1) is 14.1. The fourth-order valence-corrected chi connectivity index (χ4v) is 3.88. The Kier molecular flexibility index (Phi) is 4.81. The maximum Gasteiger partial charge on any atom is 0.330 e. The molecule has 0 saturated carbocycles. The van der Waals surface area contributed by atoms with E-state index in [0.717, 1.165) is 20.3 Å². The van der Waals surface area contributed by atoms with Crippen molar-refractivity contribution in [2.24, 2.45) is 14.1 Å². The summed E-state index contributed by atoms with van der Waals surface area (Å²) < 4.78 is 5.39. The lowest BCUT2D eigenvalue weighted by molar-refractivity contribution is 0.590. The molecule has 0 saturated heterocycles. The van der Waals surface area contributed by atoms with Crippen LogP contribution in [0.5, 0.6) is 0 Å². The molecule has 0 aliphatic heterocycles. The van der Waals surface area contributed by atoms with Crippen LogP contribution in [0.4, 0.5) is 0 Å². The zero-order valence-electron chi connectivity index (χ0n) is 17.6. The van der Waals surface area contributed by atoms with E-state index in [4.69, 9.17) is 0 Å². The fraction of sp³-hybridized carbons (Fsp3) is 0.261. The quantitative estimate of drug-likeness (QED) is 0.445. The normalized spacial score (nSPS) is 11.9. The van der Waals surface area contributed by atoms with E-state index in [1.165, 1.54) is 17.2 Å². The minimum absolute atomic E-state index is 0.0237. The molecule has 7 heteroatoms. The Morgan fingerprint density at radius 1 is 0.933 bits per heavy atom. The van der Waals surface area contributed by atoms with E-state index in [1.54, 1.807) is 19.4 Å². The summed E-state index contributed by atoms with van der Waals surface area (Å²) in [6.07, 6.45) is 3.52. The van der Waals surface area contributed by atoms with Gasteiger partial charge in [0.05, 0.1) is 16.6 Å². The number of aryl methyl sites for hydroxylation is 1. The van der Waals surface area contributed by atoms with Crippen molar-refractivity contribution >= 4 is 26.8 Å². The second-order valence-corrected chi connectivity index (χ2v) is 9.39. The number of pyridine rings is 1. The molecule has 0 spiro atoms. The molecular weight excluding hydrogens is 444 g/mol. The number of rotatable bonds is 2. The second kappa shape index (κ2) is 7.09. The van der Waals surface area contributed by atoms with Crippen LogP contribution < -0.4 is 11.2 Å². The topological polar surface area (TPSA) is 61.8 Å². The molecular formula is C23H23BrN4O2. The SMILES string of the molecule is Cn1c(=O)c2c(-c3ccc(C(C)(C)C)cc3)n(-c3ccc(Br)cn3)cc2n(C)c1=O. The van der Waals surface area contributed by atoms with E-state index in [9.17, 15) is 9.59 Å². The van der Waals surface area contributed by atoms with Gasteiger partial charge in [-0.05, 0) is 44.6 Å². The third kappa shape index (κ3) is 3.23. The maximum absolute atomic E-state index is 13.1. The average Bonchev–Trinajstić information content (AvgIpc) is 3.11. The third-order valence-corrected chi connectivity index (χ3v) is 5.89. The summed E-state index contributed by atoms with van der Waals surface area (Å²) in [6.45, 7) is 6.49. The van der Waals surface area contributed by atoms with E-state index in [2.05, 4.69) is 53.8 Å². The van der Waals surface area contributed by atoms with Crippen LogP contribution >= 0.6 is 15.9 Å². The van der Waals surface area contributed by atoms with E-state index in [0.29, 0.717) is 16.7 Å². The van der Waals surface area contributed by atoms with Gasteiger partial charge >= 0.3 is 5.69 Å². The molecule has 6 nitrogen and oxygen atoms in total. The van der Waals surface area contributed by atoms with Gasteiger partial charge in [-0.3, -0.25) is 18.5 Å². The highest BCUT2D eigenvalue weighted by molar-refractivity contribution is 9.10. The van der Waals surface area contributed by atoms with E-state index in [1.807, 2.05) is 28.8 Å². The predicted octanol–water partition coefficient (Wildman–Crippen LogP) is 4.15. The van der Waals surface area contributed by atoms with Crippen molar-refractivity contribution in [1.29, 1.82) is 0 Å². The van der Waals surface area contributed by atoms with Crippen LogP contribution in [-0.2, 0) is 19.5 Å². The first-order valence-electron chi connectivity index (χ1n) is 9.63. The molecule has 4 rings (SSSR count). The molecule has 0 aliphatic rings. The van der Waals surface area contributed by atoms with Gasteiger partial charge in [0.15, 0.2) is 0 Å². The zero-order valence-corrected chi connectivity index (χ0v) is 19.2. The minimum Gasteiger partial charge on any atom is -0.298 e. The summed E-state index contributed by atoms with van der Waals surface area (Å²) in [5, 5.41) is 0.493. The molecule has 0 amide bonds. The molecule has 154 valence electrons. The molecule has 0 N–H and O–H groups in total. The minimum atomic E-state index is -0.358. The van der Waals surface area contributed by atoms with Crippen molar-refractivity contribution in [2.75, 3.05) is 0 Å². The van der Waals surface area contributed by atoms with Crippen LogP contribution in [0.3, 0.4) is 0 Å². The highest BCUT2D eigenvalue weighted by atomic mass is 79.9. The molecule has 0 aliphatic carbocycles. The lowest BCUT2D eigenvalue weighted by atomic mass is 9.86. The number of aromatic nitrogens is 4. The van der Waals surface area contributed by atoms with Crippen molar-refractivity contribution in [2.45, 2.75) is 26.2 Å². The molecule has 30 heavy (non-hydrogen) atoms. The van der Waals surface area contributed by atoms with Crippen LogP contribution in [0.15, 0.2) is 62.9 Å². The Bertz CT molecular complexity index is 1370. The summed E-state index contributed by atoms with van der Waals surface area (Å²) in [5.74, 6) is 0.666. The Labute approximate surface area is 182 Å². The van der Waals surface area contributed by atoms with Crippen molar-refractivity contribution in [1.82, 2.24) is 18.7 Å². The van der Waals surface area contributed by atoms with Crippen LogP contribution in [0.2, 0.25) is 0 Å². The number of benzene rings is 1. The Balaban J connectivity index is 2.10. The van der Waals surface area contributed by atoms with Gasteiger partial charge in [-0.15, -0.1) is 0 Å². The van der Waals surface area contributed by atoms with Crippen molar-refractivity contribution < 1.29 is 0 Å². The Morgan fingerprint density at radius 2 is 1.60 bits per heavy atom. The summed E-state index contributed by atoms with van der Waals surface area (Å²) in [5.41, 5.74) is 2.73. The van der Waals surface area contributed by atoms with Gasteiger partial charge in [0.25, 0.3) is 5.56 Å². The van der Waals surface area contributed by atoms with Gasteiger partial charge in [0.1, 0.15) is 5.82 Å². The fourth-order valence-electron chi connectivity index (χ4n) is 3.64. The molecule has 0 bridgehead atoms. The average molecular weight is 467 g/mol. The molecule has 0 atom stereocenters. The number of hydrogen-bond donors (Lipinski definition) is 0. The highest BCUT2D eigenvalue weighted by Crippen LogP contribution is 2.32. The van der Waals surface area contributed by atoms with Crippen molar-refractivity contribution in [3.8, 4) is 17.1 Å². The van der Waals surface area contributed by atoms with Crippen LogP contribution in [0.25, 0.3) is 28.0 Å². The number of halogens is 1. The van der Waals surface area contributed by atoms with E-state index < -0.39 is 0 Å². The van der Waals surface area contributed by atoms with Gasteiger partial charge in [-0.2, -0.15) is 0 Å². The number of fused-ring (bicyclic) bond motifs is 1. The van der Waals surface area contributed by atoms with Gasteiger partial charge in [-0.25, -0.2) is 9.78 Å². The molecule has 4 aromatic rings. The molecule has 0 fully saturated rings. The monoisotopic (exact) mass is 466 g/mol. The number of nitrogens with zero attached hydrogens (tertiary/aromatic N) is 4. The first-order valence-corrected chi connectivity index (χ1v) is 10.4. The third-order valence-electron chi connectivity index (χ3n) is 5.42. The van der Waals surface area contributed by atoms with Gasteiger partial charge in [0.2, 0.25) is 0 Å². The summed E-state index contributed by atoms with van der Waals surface area (Å²) >= 11 is 3.41. The standard InChI is InChI=1S/C23H23BrN4O2/c1-23(2,3)15-8-6-14(7-9-15)20-19-17(26(4)22(30)27(5)21(19)29)13-28(20)18-11-10-16(24)12-25-18/h6-13H,1-5H3. The lowest BCUT2D eigenvalue weighted by Gasteiger charge is -2.19. The Morgan fingerprint density at radius 3 is 2.17 bits per heavy atom. The van der Waals surface area contributed by atoms with Crippen LogP contribution in [0.1, 0.15) is 26.3 Å². The highest BCUT2D eigenvalue weighted by Gasteiger charge is 2.21. The maximum atomic E-state index is 13.1. The van der Waals surface area contributed by atoms with E-state index >= 15 is 0 Å². The molecule has 3 heterocycles. The molecule has 3 aromatic heterocycles. The van der Waals surface area contributed by atoms with Gasteiger partial charge in [-0.1, -0.05) is 45.0 Å². The predicted molar refractivity (Wildman–Crippen MR) is 123 cm³/mol. The lowest BCUT2D eigenvalue weighted by Crippen LogP contribution is -2.36. The first kappa shape index (κ1) is 20.3. The van der Waals surface area contributed by atoms with Gasteiger partial charge < -0.3 is 0 Å². The van der Waals surface area contributed by atoms with Crippen LogP contribution in [0, 0.1) is 0 Å². The number of hydrogen-bond acceptors (Lipinski definition) is 3. The van der Waals surface area contributed by atoms with Crippen molar-refractivity contribution in [3.63, 3.8) is 0 Å². The zero-order chi connectivity index (χ0) is 21.8. The Hall–Kier alpha value is -2.93. The molecule has 1 aromatic carbocycles. The molecule has 0 radical (unpaired) electrons. The second-order valence-electron chi connectivity index (χ2n) is 8.48. The van der Waals surface area contributed by atoms with Crippen LogP contribution in [-0.4, -0.2) is 18.7 Å². The smallest absolute Gasteiger partial charge is 0.298 e. The van der Waals surface area contributed by atoms with Gasteiger partial charge in [0, 0.05) is 31.0 Å². The summed E-state index contributed by atoms with van der Waals surface area (Å²) in [7, 11) is 3.18. The largest absolute Gasteiger partial charge is 0.330 e. The summed E-state index contributed by atoms with van der Waals surface area (Å²) in [6, 6.07) is 12.0. The molecule has 0 unspecified atom stereocenters. The summed E-state index contributed by atoms with van der Waals surface area (Å²) in [4.78, 5) is 30.1.